The van der Waals surface area contributed by atoms with Crippen LogP contribution in [-0.2, 0) is 17.8 Å². The number of benzene rings is 3. The highest BCUT2D eigenvalue weighted by atomic mass is 79.9. The molecule has 164 valence electrons. The van der Waals surface area contributed by atoms with Gasteiger partial charge < -0.3 is 4.74 Å². The molecule has 0 saturated carbocycles. The van der Waals surface area contributed by atoms with Crippen molar-refractivity contribution in [3.05, 3.63) is 102 Å². The van der Waals surface area contributed by atoms with Gasteiger partial charge in [-0.05, 0) is 35.4 Å². The number of carbonyl (C=O) groups excluding carboxylic acids is 1. The fourth-order valence-corrected chi connectivity index (χ4v) is 3.64. The Morgan fingerprint density at radius 2 is 1.78 bits per heavy atom. The van der Waals surface area contributed by atoms with Gasteiger partial charge in [0, 0.05) is 16.1 Å². The highest BCUT2D eigenvalue weighted by molar-refractivity contribution is 9.10. The van der Waals surface area contributed by atoms with Crippen molar-refractivity contribution in [3.8, 4) is 5.75 Å². The summed E-state index contributed by atoms with van der Waals surface area (Å²) in [5.74, 6) is -0.156. The Hall–Kier alpha value is -2.94. The van der Waals surface area contributed by atoms with Crippen LogP contribution in [-0.4, -0.2) is 17.0 Å². The Kier molecular flexibility index (Phi) is 8.21. The van der Waals surface area contributed by atoms with Gasteiger partial charge in [-0.15, -0.1) is 0 Å². The van der Waals surface area contributed by atoms with Crippen LogP contribution in [0.5, 0.6) is 5.75 Å². The van der Waals surface area contributed by atoms with Crippen LogP contribution < -0.4 is 10.2 Å². The van der Waals surface area contributed by atoms with E-state index in [1.54, 1.807) is 18.2 Å². The Labute approximate surface area is 202 Å². The van der Waals surface area contributed by atoms with Gasteiger partial charge in [0.2, 0.25) is 5.91 Å². The van der Waals surface area contributed by atoms with Crippen molar-refractivity contribution in [2.45, 2.75) is 13.0 Å². The molecule has 7 nitrogen and oxygen atoms in total. The molecule has 1 amide bonds. The molecule has 0 fully saturated rings. The first-order valence-electron chi connectivity index (χ1n) is 9.24. The smallest absolute Gasteiger partial charge is 0.273 e. The first-order valence-corrected chi connectivity index (χ1v) is 10.8. The number of hydrogen-bond donors (Lipinski definition) is 1. The van der Waals surface area contributed by atoms with Gasteiger partial charge in [0.25, 0.3) is 5.69 Å². The number of rotatable bonds is 8. The average Bonchev–Trinajstić information content (AvgIpc) is 2.74. The van der Waals surface area contributed by atoms with Crippen LogP contribution in [0.3, 0.4) is 0 Å². The quantitative estimate of drug-likeness (QED) is 0.219. The van der Waals surface area contributed by atoms with Crippen LogP contribution in [0.1, 0.15) is 16.7 Å². The predicted octanol–water partition coefficient (Wildman–Crippen LogP) is 5.94. The third-order valence-corrected chi connectivity index (χ3v) is 5.35. The molecule has 0 aromatic heterocycles. The predicted molar refractivity (Wildman–Crippen MR) is 127 cm³/mol. The Bertz CT molecular complexity index is 1150. The fraction of sp³-hybridized carbons (Fsp3) is 0.0909. The molecule has 3 aromatic carbocycles. The van der Waals surface area contributed by atoms with E-state index in [1.165, 1.54) is 24.4 Å². The van der Waals surface area contributed by atoms with Crippen LogP contribution in [0.25, 0.3) is 0 Å². The summed E-state index contributed by atoms with van der Waals surface area (Å²) < 4.78 is 6.71. The van der Waals surface area contributed by atoms with Gasteiger partial charge in [-0.1, -0.05) is 69.5 Å². The summed E-state index contributed by atoms with van der Waals surface area (Å²) in [5, 5.41) is 15.5. The number of nitrogens with one attached hydrogen (secondary N) is 1. The molecule has 0 aliphatic heterocycles. The average molecular weight is 537 g/mol. The molecule has 0 radical (unpaired) electrons. The van der Waals surface area contributed by atoms with Gasteiger partial charge in [-0.3, -0.25) is 14.9 Å². The molecule has 0 saturated heterocycles. The van der Waals surface area contributed by atoms with Crippen molar-refractivity contribution in [2.24, 2.45) is 5.10 Å². The number of nitrogens with zero attached hydrogens (tertiary/aromatic N) is 2. The molecule has 0 spiro atoms. The topological polar surface area (TPSA) is 93.8 Å². The molecule has 0 aliphatic carbocycles. The zero-order valence-corrected chi connectivity index (χ0v) is 19.5. The molecule has 0 unspecified atom stereocenters. The number of para-hydroxylation sites is 1. The van der Waals surface area contributed by atoms with Crippen LogP contribution in [0.15, 0.2) is 70.2 Å². The summed E-state index contributed by atoms with van der Waals surface area (Å²) in [6.07, 6.45) is 1.19. The van der Waals surface area contributed by atoms with Gasteiger partial charge in [0.1, 0.15) is 6.61 Å². The van der Waals surface area contributed by atoms with Crippen molar-refractivity contribution in [3.63, 3.8) is 0 Å². The molecular weight excluding hydrogens is 521 g/mol. The zero-order chi connectivity index (χ0) is 23.1. The van der Waals surface area contributed by atoms with Crippen LogP contribution >= 0.6 is 39.1 Å². The van der Waals surface area contributed by atoms with E-state index in [1.807, 2.05) is 24.3 Å². The SMILES string of the molecule is O=C(Cc1ccccc1[N+](=O)[O-])N/N=C/c1cc(Cl)c(OCc2ccc(Br)cc2)c(Cl)c1. The number of hydrazone groups is 1. The zero-order valence-electron chi connectivity index (χ0n) is 16.4. The minimum Gasteiger partial charge on any atom is -0.486 e. The number of nitro benzene ring substituents is 1. The summed E-state index contributed by atoms with van der Waals surface area (Å²) in [7, 11) is 0. The maximum Gasteiger partial charge on any atom is 0.273 e. The van der Waals surface area contributed by atoms with E-state index in [2.05, 4.69) is 26.5 Å². The Balaban J connectivity index is 1.60. The molecule has 0 bridgehead atoms. The van der Waals surface area contributed by atoms with Crippen molar-refractivity contribution in [1.29, 1.82) is 0 Å². The normalized spacial score (nSPS) is 10.8. The number of hydrogen-bond acceptors (Lipinski definition) is 5. The number of amides is 1. The van der Waals surface area contributed by atoms with Crippen molar-refractivity contribution >= 4 is 56.9 Å². The van der Waals surface area contributed by atoms with Gasteiger partial charge in [-0.25, -0.2) is 5.43 Å². The summed E-state index contributed by atoms with van der Waals surface area (Å²) in [5.41, 5.74) is 4.01. The Morgan fingerprint density at radius 3 is 2.44 bits per heavy atom. The summed E-state index contributed by atoms with van der Waals surface area (Å²) in [6, 6.07) is 16.9. The molecule has 3 aromatic rings. The third-order valence-electron chi connectivity index (χ3n) is 4.26. The van der Waals surface area contributed by atoms with E-state index in [-0.39, 0.29) is 12.1 Å². The molecule has 0 atom stereocenters. The van der Waals surface area contributed by atoms with Crippen molar-refractivity contribution in [1.82, 2.24) is 5.43 Å². The maximum atomic E-state index is 12.1. The molecule has 3 rings (SSSR count). The van der Waals surface area contributed by atoms with Gasteiger partial charge in [-0.2, -0.15) is 5.10 Å². The first-order chi connectivity index (χ1) is 15.3. The van der Waals surface area contributed by atoms with Gasteiger partial charge >= 0.3 is 0 Å². The summed E-state index contributed by atoms with van der Waals surface area (Å²) in [4.78, 5) is 22.6. The van der Waals surface area contributed by atoms with Crippen LogP contribution in [0, 0.1) is 10.1 Å². The lowest BCUT2D eigenvalue weighted by atomic mass is 10.1. The lowest BCUT2D eigenvalue weighted by Crippen LogP contribution is -2.20. The second-order valence-electron chi connectivity index (χ2n) is 6.58. The van der Waals surface area contributed by atoms with Crippen molar-refractivity contribution < 1.29 is 14.5 Å². The standard InChI is InChI=1S/C22H16BrCl2N3O4/c23-17-7-5-14(6-8-17)13-32-22-18(24)9-15(10-19(22)25)12-26-27-21(29)11-16-3-1-2-4-20(16)28(30)31/h1-10,12H,11,13H2,(H,27,29)/b26-12+. The second-order valence-corrected chi connectivity index (χ2v) is 8.31. The fourth-order valence-electron chi connectivity index (χ4n) is 2.76. The molecule has 0 heterocycles. The summed E-state index contributed by atoms with van der Waals surface area (Å²) in [6.45, 7) is 0.293. The minimum absolute atomic E-state index is 0.121. The molecule has 32 heavy (non-hydrogen) atoms. The number of ether oxygens (including phenoxy) is 1. The summed E-state index contributed by atoms with van der Waals surface area (Å²) >= 11 is 16.0. The van der Waals surface area contributed by atoms with Crippen LogP contribution in [0.2, 0.25) is 10.0 Å². The number of halogens is 3. The van der Waals surface area contributed by atoms with Gasteiger partial charge in [0.05, 0.1) is 27.6 Å². The molecular formula is C22H16BrCl2N3O4. The van der Waals surface area contributed by atoms with Crippen molar-refractivity contribution in [2.75, 3.05) is 0 Å². The first kappa shape index (κ1) is 23.7. The highest BCUT2D eigenvalue weighted by Crippen LogP contribution is 2.34. The number of nitro groups is 1. The van der Waals surface area contributed by atoms with Gasteiger partial charge in [0.15, 0.2) is 5.75 Å². The maximum absolute atomic E-state index is 12.1. The van der Waals surface area contributed by atoms with Crippen LogP contribution in [0.4, 0.5) is 5.69 Å². The molecule has 0 aliphatic rings. The lowest BCUT2D eigenvalue weighted by Gasteiger charge is -2.11. The van der Waals surface area contributed by atoms with E-state index >= 15 is 0 Å². The van der Waals surface area contributed by atoms with E-state index in [0.29, 0.717) is 33.5 Å². The Morgan fingerprint density at radius 1 is 1.12 bits per heavy atom. The number of carbonyl (C=O) groups is 1. The monoisotopic (exact) mass is 535 g/mol. The lowest BCUT2D eigenvalue weighted by molar-refractivity contribution is -0.385. The van der Waals surface area contributed by atoms with E-state index in [9.17, 15) is 14.9 Å². The molecule has 1 N–H and O–H groups in total. The molecule has 10 heteroatoms. The second kappa shape index (κ2) is 11.1. The van der Waals surface area contributed by atoms with E-state index < -0.39 is 10.8 Å². The van der Waals surface area contributed by atoms with E-state index in [4.69, 9.17) is 27.9 Å². The largest absolute Gasteiger partial charge is 0.486 e. The van der Waals surface area contributed by atoms with E-state index in [0.717, 1.165) is 10.0 Å². The third kappa shape index (κ3) is 6.53. The highest BCUT2D eigenvalue weighted by Gasteiger charge is 2.15. The minimum atomic E-state index is -0.532.